The Labute approximate surface area is 154 Å². The van der Waals surface area contributed by atoms with Gasteiger partial charge in [-0.2, -0.15) is 0 Å². The van der Waals surface area contributed by atoms with Crippen molar-refractivity contribution in [1.82, 2.24) is 14.7 Å². The van der Waals surface area contributed by atoms with Crippen LogP contribution >= 0.6 is 0 Å². The fourth-order valence-electron chi connectivity index (χ4n) is 3.89. The molecule has 2 saturated heterocycles. The third kappa shape index (κ3) is 3.26. The summed E-state index contributed by atoms with van der Waals surface area (Å²) >= 11 is 0. The van der Waals surface area contributed by atoms with Crippen LogP contribution in [0.1, 0.15) is 32.8 Å². The molecule has 0 spiro atoms. The molecule has 0 saturated carbocycles. The van der Waals surface area contributed by atoms with E-state index in [1.807, 2.05) is 56.0 Å². The lowest BCUT2D eigenvalue weighted by atomic mass is 9.83. The van der Waals surface area contributed by atoms with Crippen molar-refractivity contribution in [2.45, 2.75) is 38.6 Å². The highest BCUT2D eigenvalue weighted by molar-refractivity contribution is 6.05. The number of hydrogen-bond acceptors (Lipinski definition) is 4. The molecule has 0 aromatic heterocycles. The number of amides is 3. The quantitative estimate of drug-likeness (QED) is 0.761. The van der Waals surface area contributed by atoms with Crippen molar-refractivity contribution in [2.24, 2.45) is 0 Å². The van der Waals surface area contributed by atoms with Crippen LogP contribution in [0.2, 0.25) is 0 Å². The Balaban J connectivity index is 1.63. The van der Waals surface area contributed by atoms with Crippen LogP contribution in [0.15, 0.2) is 30.3 Å². The van der Waals surface area contributed by atoms with E-state index in [1.54, 1.807) is 0 Å². The first-order chi connectivity index (χ1) is 12.4. The summed E-state index contributed by atoms with van der Waals surface area (Å²) in [5.74, 6) is -0.0829. The molecule has 26 heavy (non-hydrogen) atoms. The van der Waals surface area contributed by atoms with E-state index >= 15 is 0 Å². The molecular weight excluding hydrogens is 330 g/mol. The molecule has 1 atom stereocenters. The average molecular weight is 357 g/mol. The standard InChI is InChI=1S/C20H27N3O3/c1-4-23-17(24)14-16(18(23)25)21-10-12-22(13-11-21)19(26)20(2,3)15-8-6-5-7-9-15/h5-9,16H,4,10-14H2,1-3H3. The summed E-state index contributed by atoms with van der Waals surface area (Å²) in [6, 6.07) is 9.45. The lowest BCUT2D eigenvalue weighted by Crippen LogP contribution is -2.56. The van der Waals surface area contributed by atoms with E-state index < -0.39 is 5.41 Å². The summed E-state index contributed by atoms with van der Waals surface area (Å²) in [5.41, 5.74) is 0.421. The normalized spacial score (nSPS) is 22.2. The highest BCUT2D eigenvalue weighted by Gasteiger charge is 2.43. The summed E-state index contributed by atoms with van der Waals surface area (Å²) in [6.07, 6.45) is 0.260. The molecule has 0 aliphatic carbocycles. The van der Waals surface area contributed by atoms with Gasteiger partial charge in [0.15, 0.2) is 0 Å². The smallest absolute Gasteiger partial charge is 0.247 e. The molecule has 0 radical (unpaired) electrons. The number of likely N-dealkylation sites (tertiary alicyclic amines) is 1. The van der Waals surface area contributed by atoms with Crippen LogP contribution < -0.4 is 0 Å². The molecule has 1 aromatic rings. The van der Waals surface area contributed by atoms with Gasteiger partial charge in [0, 0.05) is 32.7 Å². The molecule has 0 N–H and O–H groups in total. The van der Waals surface area contributed by atoms with Crippen molar-refractivity contribution in [2.75, 3.05) is 32.7 Å². The van der Waals surface area contributed by atoms with E-state index in [9.17, 15) is 14.4 Å². The maximum atomic E-state index is 13.0. The van der Waals surface area contributed by atoms with E-state index in [0.29, 0.717) is 32.7 Å². The lowest BCUT2D eigenvalue weighted by molar-refractivity contribution is -0.140. The summed E-state index contributed by atoms with van der Waals surface area (Å²) in [5, 5.41) is 0. The number of benzene rings is 1. The fourth-order valence-corrected chi connectivity index (χ4v) is 3.89. The Bertz CT molecular complexity index is 694. The van der Waals surface area contributed by atoms with Gasteiger partial charge >= 0.3 is 0 Å². The van der Waals surface area contributed by atoms with Gasteiger partial charge in [-0.25, -0.2) is 0 Å². The number of hydrogen-bond donors (Lipinski definition) is 0. The predicted molar refractivity (Wildman–Crippen MR) is 98.4 cm³/mol. The van der Waals surface area contributed by atoms with Crippen molar-refractivity contribution >= 4 is 17.7 Å². The third-order valence-electron chi connectivity index (χ3n) is 5.61. The zero-order valence-corrected chi connectivity index (χ0v) is 15.8. The number of piperazine rings is 1. The molecule has 2 fully saturated rings. The lowest BCUT2D eigenvalue weighted by Gasteiger charge is -2.40. The van der Waals surface area contributed by atoms with Crippen molar-refractivity contribution < 1.29 is 14.4 Å². The predicted octanol–water partition coefficient (Wildman–Crippen LogP) is 1.26. The van der Waals surface area contributed by atoms with Crippen molar-refractivity contribution in [3.8, 4) is 0 Å². The number of imide groups is 1. The SMILES string of the molecule is CCN1C(=O)CC(N2CCN(C(=O)C(C)(C)c3ccccc3)CC2)C1=O. The Morgan fingerprint density at radius 3 is 2.23 bits per heavy atom. The first kappa shape index (κ1) is 18.6. The fraction of sp³-hybridized carbons (Fsp3) is 0.550. The van der Waals surface area contributed by atoms with E-state index in [-0.39, 0.29) is 30.2 Å². The van der Waals surface area contributed by atoms with Crippen LogP contribution in [0.4, 0.5) is 0 Å². The zero-order valence-electron chi connectivity index (χ0n) is 15.8. The third-order valence-corrected chi connectivity index (χ3v) is 5.61. The van der Waals surface area contributed by atoms with Gasteiger partial charge in [-0.05, 0) is 26.3 Å². The molecule has 3 amide bonds. The molecule has 140 valence electrons. The van der Waals surface area contributed by atoms with E-state index in [0.717, 1.165) is 5.56 Å². The molecule has 1 unspecified atom stereocenters. The molecule has 6 heteroatoms. The Hall–Kier alpha value is -2.21. The number of likely N-dealkylation sites (N-methyl/N-ethyl adjacent to an activating group) is 1. The topological polar surface area (TPSA) is 60.9 Å². The second-order valence-corrected chi connectivity index (χ2v) is 7.52. The van der Waals surface area contributed by atoms with Crippen LogP contribution in [0.3, 0.4) is 0 Å². The van der Waals surface area contributed by atoms with Gasteiger partial charge in [0.05, 0.1) is 17.9 Å². The van der Waals surface area contributed by atoms with Gasteiger partial charge in [-0.15, -0.1) is 0 Å². The van der Waals surface area contributed by atoms with Gasteiger partial charge in [0.1, 0.15) is 0 Å². The van der Waals surface area contributed by atoms with Crippen molar-refractivity contribution in [3.05, 3.63) is 35.9 Å². The van der Waals surface area contributed by atoms with Gasteiger partial charge in [-0.3, -0.25) is 24.2 Å². The minimum absolute atomic E-state index is 0.0915. The summed E-state index contributed by atoms with van der Waals surface area (Å²) in [4.78, 5) is 42.6. The van der Waals surface area contributed by atoms with E-state index in [2.05, 4.69) is 4.90 Å². The highest BCUT2D eigenvalue weighted by atomic mass is 16.2. The molecule has 2 heterocycles. The molecule has 2 aliphatic rings. The first-order valence-corrected chi connectivity index (χ1v) is 9.29. The van der Waals surface area contributed by atoms with Crippen LogP contribution in [-0.2, 0) is 19.8 Å². The molecular formula is C20H27N3O3. The molecule has 2 aliphatic heterocycles. The minimum atomic E-state index is -0.582. The van der Waals surface area contributed by atoms with Crippen LogP contribution in [0.25, 0.3) is 0 Å². The van der Waals surface area contributed by atoms with Crippen LogP contribution in [-0.4, -0.2) is 71.2 Å². The van der Waals surface area contributed by atoms with Gasteiger partial charge in [0.2, 0.25) is 17.7 Å². The number of rotatable bonds is 4. The average Bonchev–Trinajstić information content (AvgIpc) is 2.95. The number of nitrogens with zero attached hydrogens (tertiary/aromatic N) is 3. The Morgan fingerprint density at radius 1 is 1.08 bits per heavy atom. The number of carbonyl (C=O) groups excluding carboxylic acids is 3. The maximum Gasteiger partial charge on any atom is 0.247 e. The zero-order chi connectivity index (χ0) is 18.9. The Morgan fingerprint density at radius 2 is 1.69 bits per heavy atom. The molecule has 1 aromatic carbocycles. The molecule has 6 nitrogen and oxygen atoms in total. The first-order valence-electron chi connectivity index (χ1n) is 9.29. The molecule has 0 bridgehead atoms. The summed E-state index contributed by atoms with van der Waals surface area (Å²) in [6.45, 7) is 8.57. The van der Waals surface area contributed by atoms with E-state index in [1.165, 1.54) is 4.90 Å². The van der Waals surface area contributed by atoms with Gasteiger partial charge in [-0.1, -0.05) is 30.3 Å². The van der Waals surface area contributed by atoms with E-state index in [4.69, 9.17) is 0 Å². The van der Waals surface area contributed by atoms with Crippen LogP contribution in [0.5, 0.6) is 0 Å². The molecule has 3 rings (SSSR count). The highest BCUT2D eigenvalue weighted by Crippen LogP contribution is 2.27. The minimum Gasteiger partial charge on any atom is -0.339 e. The second-order valence-electron chi connectivity index (χ2n) is 7.52. The van der Waals surface area contributed by atoms with Crippen molar-refractivity contribution in [3.63, 3.8) is 0 Å². The monoisotopic (exact) mass is 357 g/mol. The largest absolute Gasteiger partial charge is 0.339 e. The Kier molecular flexibility index (Phi) is 5.14. The van der Waals surface area contributed by atoms with Crippen LogP contribution in [0, 0.1) is 0 Å². The summed E-state index contributed by atoms with van der Waals surface area (Å²) < 4.78 is 0. The van der Waals surface area contributed by atoms with Gasteiger partial charge in [0.25, 0.3) is 0 Å². The summed E-state index contributed by atoms with van der Waals surface area (Å²) in [7, 11) is 0. The van der Waals surface area contributed by atoms with Gasteiger partial charge < -0.3 is 4.90 Å². The van der Waals surface area contributed by atoms with Crippen molar-refractivity contribution in [1.29, 1.82) is 0 Å². The second kappa shape index (κ2) is 7.19. The maximum absolute atomic E-state index is 13.0. The number of carbonyl (C=O) groups is 3.